The molecule has 1 N–H and O–H groups in total. The summed E-state index contributed by atoms with van der Waals surface area (Å²) in [4.78, 5) is 11.0. The lowest BCUT2D eigenvalue weighted by molar-refractivity contribution is -0.140. The van der Waals surface area contributed by atoms with E-state index in [-0.39, 0.29) is 0 Å². The van der Waals surface area contributed by atoms with Crippen molar-refractivity contribution in [1.29, 1.82) is 5.26 Å². The van der Waals surface area contributed by atoms with Crippen LogP contribution < -0.4 is 0 Å². The number of nitriles is 1. The molecule has 2 aromatic rings. The van der Waals surface area contributed by atoms with Crippen molar-refractivity contribution in [3.05, 3.63) is 68.6 Å². The number of benzene rings is 2. The van der Waals surface area contributed by atoms with Crippen LogP contribution in [0.1, 0.15) is 24.0 Å². The third-order valence-corrected chi connectivity index (χ3v) is 4.81. The van der Waals surface area contributed by atoms with Gasteiger partial charge in [-0.1, -0.05) is 56.1 Å². The smallest absolute Gasteiger partial charge is 0.314 e. The van der Waals surface area contributed by atoms with Gasteiger partial charge in [-0.2, -0.15) is 5.26 Å². The van der Waals surface area contributed by atoms with E-state index in [2.05, 4.69) is 37.9 Å². The van der Waals surface area contributed by atoms with Crippen LogP contribution in [0.3, 0.4) is 0 Å². The van der Waals surface area contributed by atoms with Crippen molar-refractivity contribution >= 4 is 37.8 Å². The maximum absolute atomic E-state index is 11.0. The summed E-state index contributed by atoms with van der Waals surface area (Å²) in [5.74, 6) is -0.699. The van der Waals surface area contributed by atoms with E-state index in [0.29, 0.717) is 6.42 Å². The third kappa shape index (κ3) is 4.66. The molecule has 0 aliphatic heterocycles. The van der Waals surface area contributed by atoms with E-state index < -0.39 is 11.4 Å². The minimum Gasteiger partial charge on any atom is -0.481 e. The second-order valence-corrected chi connectivity index (χ2v) is 7.19. The molecule has 1 saturated carbocycles. The number of carbonyl (C=O) groups is 1. The lowest BCUT2D eigenvalue weighted by Crippen LogP contribution is -2.19. The average molecular weight is 437 g/mol. The number of hydrogen-bond donors (Lipinski definition) is 1. The van der Waals surface area contributed by atoms with Gasteiger partial charge in [-0.3, -0.25) is 4.79 Å². The fourth-order valence-electron chi connectivity index (χ4n) is 2.21. The Kier molecular flexibility index (Phi) is 5.97. The highest BCUT2D eigenvalue weighted by Gasteiger charge is 2.51. The predicted molar refractivity (Wildman–Crippen MR) is 96.1 cm³/mol. The number of hydrogen-bond acceptors (Lipinski definition) is 2. The molecule has 5 heteroatoms. The molecule has 0 spiro atoms. The van der Waals surface area contributed by atoms with Gasteiger partial charge in [-0.05, 0) is 48.2 Å². The van der Waals surface area contributed by atoms with Gasteiger partial charge in [0.15, 0.2) is 0 Å². The quantitative estimate of drug-likeness (QED) is 0.729. The number of rotatable bonds is 3. The van der Waals surface area contributed by atoms with Crippen molar-refractivity contribution in [2.45, 2.75) is 24.7 Å². The first-order valence-electron chi connectivity index (χ1n) is 7.09. The van der Waals surface area contributed by atoms with Gasteiger partial charge in [0.2, 0.25) is 0 Å². The largest absolute Gasteiger partial charge is 0.481 e. The van der Waals surface area contributed by atoms with Gasteiger partial charge in [-0.15, -0.1) is 0 Å². The number of carboxylic acids is 1. The van der Waals surface area contributed by atoms with E-state index in [1.165, 1.54) is 0 Å². The topological polar surface area (TPSA) is 61.1 Å². The molecule has 1 fully saturated rings. The van der Waals surface area contributed by atoms with Crippen LogP contribution in [0, 0.1) is 11.3 Å². The van der Waals surface area contributed by atoms with Crippen LogP contribution in [0.5, 0.6) is 0 Å². The zero-order chi connectivity index (χ0) is 16.9. The van der Waals surface area contributed by atoms with Crippen LogP contribution in [-0.2, 0) is 16.6 Å². The van der Waals surface area contributed by atoms with Crippen LogP contribution in [-0.4, -0.2) is 11.1 Å². The molecule has 0 unspecified atom stereocenters. The summed E-state index contributed by atoms with van der Waals surface area (Å²) in [5, 5.41) is 17.3. The highest BCUT2D eigenvalue weighted by molar-refractivity contribution is 9.10. The van der Waals surface area contributed by atoms with Gasteiger partial charge in [-0.25, -0.2) is 0 Å². The normalized spacial score (nSPS) is 14.1. The standard InChI is InChI=1S/C10H9BrO2.C8H6BrN/c11-8-3-1-7(2-4-8)10(5-6-10)9(12)13;9-8-3-1-7(2-4-8)5-6-10/h1-4H,5-6H2,(H,12,13);1-4H,5H2. The van der Waals surface area contributed by atoms with Crippen molar-refractivity contribution < 1.29 is 9.90 Å². The van der Waals surface area contributed by atoms with E-state index in [9.17, 15) is 4.79 Å². The molecule has 0 radical (unpaired) electrons. The summed E-state index contributed by atoms with van der Waals surface area (Å²) in [6.07, 6.45) is 2.03. The summed E-state index contributed by atoms with van der Waals surface area (Å²) in [7, 11) is 0. The van der Waals surface area contributed by atoms with Crippen LogP contribution >= 0.6 is 31.9 Å². The van der Waals surface area contributed by atoms with Crippen LogP contribution in [0.4, 0.5) is 0 Å². The second-order valence-electron chi connectivity index (χ2n) is 5.36. The Bertz CT molecular complexity index is 714. The molecule has 0 aromatic heterocycles. The van der Waals surface area contributed by atoms with Crippen LogP contribution in [0.15, 0.2) is 57.5 Å². The third-order valence-electron chi connectivity index (χ3n) is 3.75. The van der Waals surface area contributed by atoms with Gasteiger partial charge < -0.3 is 5.11 Å². The molecule has 0 saturated heterocycles. The lowest BCUT2D eigenvalue weighted by Gasteiger charge is -2.09. The highest BCUT2D eigenvalue weighted by atomic mass is 79.9. The van der Waals surface area contributed by atoms with Crippen molar-refractivity contribution in [3.8, 4) is 6.07 Å². The van der Waals surface area contributed by atoms with E-state index in [1.807, 2.05) is 48.5 Å². The first-order valence-corrected chi connectivity index (χ1v) is 8.67. The first-order chi connectivity index (χ1) is 11.0. The summed E-state index contributed by atoms with van der Waals surface area (Å²) in [5.41, 5.74) is 1.41. The van der Waals surface area contributed by atoms with Crippen molar-refractivity contribution in [2.24, 2.45) is 0 Å². The maximum atomic E-state index is 11.0. The number of nitrogens with zero attached hydrogens (tertiary/aromatic N) is 1. The molecule has 1 aliphatic carbocycles. The second kappa shape index (κ2) is 7.76. The SMILES string of the molecule is N#CCc1ccc(Br)cc1.O=C(O)C1(c2ccc(Br)cc2)CC1. The van der Waals surface area contributed by atoms with Crippen molar-refractivity contribution in [1.82, 2.24) is 0 Å². The molecule has 23 heavy (non-hydrogen) atoms. The number of carboxylic acid groups (broad SMARTS) is 1. The Morgan fingerprint density at radius 1 is 1.04 bits per heavy atom. The molecule has 0 heterocycles. The highest BCUT2D eigenvalue weighted by Crippen LogP contribution is 2.48. The molecular weight excluding hydrogens is 422 g/mol. The van der Waals surface area contributed by atoms with Gasteiger partial charge in [0.1, 0.15) is 0 Å². The molecule has 0 atom stereocenters. The summed E-state index contributed by atoms with van der Waals surface area (Å²) in [6, 6.07) is 17.4. The Hall–Kier alpha value is -1.64. The van der Waals surface area contributed by atoms with E-state index in [4.69, 9.17) is 10.4 Å². The Balaban J connectivity index is 0.000000174. The fraction of sp³-hybridized carbons (Fsp3) is 0.222. The molecular formula is C18H15Br2NO2. The summed E-state index contributed by atoms with van der Waals surface area (Å²) < 4.78 is 2.03. The van der Waals surface area contributed by atoms with Crippen molar-refractivity contribution in [2.75, 3.05) is 0 Å². The maximum Gasteiger partial charge on any atom is 0.314 e. The van der Waals surface area contributed by atoms with Crippen LogP contribution in [0.25, 0.3) is 0 Å². The van der Waals surface area contributed by atoms with E-state index in [0.717, 1.165) is 32.9 Å². The van der Waals surface area contributed by atoms with E-state index in [1.54, 1.807) is 0 Å². The number of aliphatic carboxylic acids is 1. The first kappa shape index (κ1) is 17.7. The van der Waals surface area contributed by atoms with Crippen molar-refractivity contribution in [3.63, 3.8) is 0 Å². The molecule has 2 aromatic carbocycles. The van der Waals surface area contributed by atoms with Gasteiger partial charge >= 0.3 is 5.97 Å². The van der Waals surface area contributed by atoms with Gasteiger partial charge in [0, 0.05) is 8.95 Å². The van der Waals surface area contributed by atoms with Crippen LogP contribution in [0.2, 0.25) is 0 Å². The minimum atomic E-state index is -0.699. The predicted octanol–water partition coefficient (Wildman–Crippen LogP) is 5.08. The Morgan fingerprint density at radius 3 is 1.91 bits per heavy atom. The Morgan fingerprint density at radius 2 is 1.52 bits per heavy atom. The average Bonchev–Trinajstić information content (AvgIpc) is 3.33. The zero-order valence-corrected chi connectivity index (χ0v) is 15.5. The molecule has 3 rings (SSSR count). The fourth-order valence-corrected chi connectivity index (χ4v) is 2.74. The molecule has 0 bridgehead atoms. The minimum absolute atomic E-state index is 0.493. The lowest BCUT2D eigenvalue weighted by atomic mass is 9.96. The molecule has 3 nitrogen and oxygen atoms in total. The summed E-state index contributed by atoms with van der Waals surface area (Å²) >= 11 is 6.64. The summed E-state index contributed by atoms with van der Waals surface area (Å²) in [6.45, 7) is 0. The van der Waals surface area contributed by atoms with E-state index >= 15 is 0 Å². The molecule has 0 amide bonds. The van der Waals surface area contributed by atoms with Gasteiger partial charge in [0.05, 0.1) is 17.9 Å². The molecule has 1 aliphatic rings. The molecule has 118 valence electrons. The monoisotopic (exact) mass is 435 g/mol. The Labute approximate surface area is 152 Å². The van der Waals surface area contributed by atoms with Gasteiger partial charge in [0.25, 0.3) is 0 Å². The number of halogens is 2. The zero-order valence-electron chi connectivity index (χ0n) is 12.3.